The van der Waals surface area contributed by atoms with E-state index in [9.17, 15) is 19.8 Å². The van der Waals surface area contributed by atoms with Gasteiger partial charge in [-0.15, -0.1) is 0 Å². The molecule has 1 amide bonds. The normalized spacial score (nSPS) is 14.0. The molecular weight excluding hydrogens is 444 g/mol. The highest BCUT2D eigenvalue weighted by Crippen LogP contribution is 2.34. The van der Waals surface area contributed by atoms with Crippen molar-refractivity contribution in [1.29, 1.82) is 0 Å². The summed E-state index contributed by atoms with van der Waals surface area (Å²) in [5, 5.41) is 27.9. The number of halogens is 1. The smallest absolute Gasteiger partial charge is 0.240 e. The van der Waals surface area contributed by atoms with Gasteiger partial charge in [0, 0.05) is 47.1 Å². The summed E-state index contributed by atoms with van der Waals surface area (Å²) in [5.41, 5.74) is 3.87. The second-order valence-corrected chi connectivity index (χ2v) is 8.80. The zero-order valence-corrected chi connectivity index (χ0v) is 19.2. The number of fused-ring (bicyclic) bond motifs is 2. The summed E-state index contributed by atoms with van der Waals surface area (Å²) < 4.78 is 1.48. The number of pyridine rings is 2. The molecule has 0 saturated carbocycles. The Balaban J connectivity index is 1.40. The summed E-state index contributed by atoms with van der Waals surface area (Å²) >= 11 is 6.17. The molecule has 0 fully saturated rings. The number of aryl methyl sites for hydroxylation is 1. The zero-order valence-electron chi connectivity index (χ0n) is 18.4. The minimum Gasteiger partial charge on any atom is -0.503 e. The largest absolute Gasteiger partial charge is 0.503 e. The molecule has 0 bridgehead atoms. The third-order valence-corrected chi connectivity index (χ3v) is 6.24. The molecule has 1 aliphatic carbocycles. The van der Waals surface area contributed by atoms with Gasteiger partial charge >= 0.3 is 0 Å². The first-order valence-corrected chi connectivity index (χ1v) is 11.4. The van der Waals surface area contributed by atoms with E-state index in [-0.39, 0.29) is 31.3 Å². The number of nitrogens with one attached hydrogen (secondary N) is 2. The van der Waals surface area contributed by atoms with Gasteiger partial charge in [0.2, 0.25) is 11.3 Å². The summed E-state index contributed by atoms with van der Waals surface area (Å²) in [6, 6.07) is 6.84. The van der Waals surface area contributed by atoms with Gasteiger partial charge in [-0.3, -0.25) is 14.6 Å². The quantitative estimate of drug-likeness (QED) is 0.421. The van der Waals surface area contributed by atoms with Gasteiger partial charge in [0.05, 0.1) is 17.3 Å². The van der Waals surface area contributed by atoms with E-state index < -0.39 is 11.5 Å². The Kier molecular flexibility index (Phi) is 6.85. The van der Waals surface area contributed by atoms with Crippen molar-refractivity contribution in [3.8, 4) is 5.75 Å². The molecule has 0 aliphatic heterocycles. The van der Waals surface area contributed by atoms with Crippen molar-refractivity contribution < 1.29 is 15.0 Å². The summed E-state index contributed by atoms with van der Waals surface area (Å²) in [6.45, 7) is 1.82. The van der Waals surface area contributed by atoms with Crippen LogP contribution in [0.4, 0.5) is 5.69 Å². The average Bonchev–Trinajstić information content (AvgIpc) is 2.80. The summed E-state index contributed by atoms with van der Waals surface area (Å²) in [4.78, 5) is 28.5. The minimum absolute atomic E-state index is 0.0636. The van der Waals surface area contributed by atoms with Gasteiger partial charge in [-0.05, 0) is 56.4 Å². The number of hydrogen-bond acceptors (Lipinski definition) is 6. The van der Waals surface area contributed by atoms with Gasteiger partial charge in [0.15, 0.2) is 5.75 Å². The van der Waals surface area contributed by atoms with Gasteiger partial charge < -0.3 is 25.4 Å². The molecule has 33 heavy (non-hydrogen) atoms. The predicted molar refractivity (Wildman–Crippen MR) is 128 cm³/mol. The minimum atomic E-state index is -0.813. The molecular formula is C24H27ClN4O4. The molecule has 0 saturated heterocycles. The Bertz CT molecular complexity index is 1260. The number of carbonyl (C=O) groups is 1. The SMILES string of the molecule is Cc1c(O)c(=O)ccn1CC(=O)NCC(O)CNc1c2c(nc3cc(Cl)ccc13)CCCC2. The standard InChI is InChI=1S/C24H27ClN4O4/c1-14-24(33)21(31)8-9-29(14)13-22(32)26-11-16(30)12-27-23-17-4-2-3-5-19(17)28-20-10-15(25)6-7-18(20)23/h6-10,16,30,33H,2-5,11-13H2,1H3,(H,26,32)(H,27,28). The van der Waals surface area contributed by atoms with Crippen LogP contribution in [0.3, 0.4) is 0 Å². The Morgan fingerprint density at radius 1 is 1.24 bits per heavy atom. The van der Waals surface area contributed by atoms with Crippen LogP contribution >= 0.6 is 11.6 Å². The molecule has 0 spiro atoms. The fourth-order valence-electron chi connectivity index (χ4n) is 4.17. The number of aromatic hydroxyl groups is 1. The molecule has 8 nitrogen and oxygen atoms in total. The van der Waals surface area contributed by atoms with E-state index in [2.05, 4.69) is 10.6 Å². The highest BCUT2D eigenvalue weighted by Gasteiger charge is 2.19. The van der Waals surface area contributed by atoms with Crippen molar-refractivity contribution in [1.82, 2.24) is 14.9 Å². The molecule has 1 aliphatic rings. The third kappa shape index (κ3) is 5.12. The summed E-state index contributed by atoms with van der Waals surface area (Å²) in [6.07, 6.45) is 4.70. The number of aliphatic hydroxyl groups is 1. The molecule has 2 heterocycles. The van der Waals surface area contributed by atoms with E-state index in [1.807, 2.05) is 18.2 Å². The zero-order chi connectivity index (χ0) is 23.5. The fraction of sp³-hybridized carbons (Fsp3) is 0.375. The van der Waals surface area contributed by atoms with Crippen molar-refractivity contribution in [2.45, 2.75) is 45.3 Å². The van der Waals surface area contributed by atoms with Gasteiger partial charge in [0.25, 0.3) is 0 Å². The first-order chi connectivity index (χ1) is 15.8. The van der Waals surface area contributed by atoms with Gasteiger partial charge in [0.1, 0.15) is 6.54 Å². The molecule has 0 radical (unpaired) electrons. The lowest BCUT2D eigenvalue weighted by atomic mass is 9.92. The molecule has 3 aromatic rings. The fourth-order valence-corrected chi connectivity index (χ4v) is 4.34. The third-order valence-electron chi connectivity index (χ3n) is 6.00. The van der Waals surface area contributed by atoms with Crippen LogP contribution in [0.2, 0.25) is 5.02 Å². The maximum Gasteiger partial charge on any atom is 0.240 e. The molecule has 1 unspecified atom stereocenters. The Morgan fingerprint density at radius 3 is 2.85 bits per heavy atom. The maximum atomic E-state index is 12.3. The van der Waals surface area contributed by atoms with Gasteiger partial charge in [-0.1, -0.05) is 11.6 Å². The van der Waals surface area contributed by atoms with Crippen LogP contribution in [0.15, 0.2) is 35.3 Å². The van der Waals surface area contributed by atoms with E-state index in [4.69, 9.17) is 16.6 Å². The monoisotopic (exact) mass is 470 g/mol. The second kappa shape index (κ2) is 9.80. The molecule has 2 aromatic heterocycles. The van der Waals surface area contributed by atoms with Gasteiger partial charge in [-0.25, -0.2) is 0 Å². The predicted octanol–water partition coefficient (Wildman–Crippen LogP) is 2.53. The summed E-state index contributed by atoms with van der Waals surface area (Å²) in [5.74, 6) is -0.703. The second-order valence-electron chi connectivity index (χ2n) is 8.36. The Morgan fingerprint density at radius 2 is 2.03 bits per heavy atom. The number of hydrogen-bond donors (Lipinski definition) is 4. The first-order valence-electron chi connectivity index (χ1n) is 11.0. The van der Waals surface area contributed by atoms with E-state index in [1.165, 1.54) is 22.4 Å². The molecule has 4 N–H and O–H groups in total. The molecule has 4 rings (SSSR count). The topological polar surface area (TPSA) is 116 Å². The number of aliphatic hydroxyl groups excluding tert-OH is 1. The summed E-state index contributed by atoms with van der Waals surface area (Å²) in [7, 11) is 0. The number of benzene rings is 1. The van der Waals surface area contributed by atoms with Crippen LogP contribution in [0.1, 0.15) is 29.8 Å². The molecule has 9 heteroatoms. The lowest BCUT2D eigenvalue weighted by molar-refractivity contribution is -0.122. The first kappa shape index (κ1) is 23.1. The van der Waals surface area contributed by atoms with Gasteiger partial charge in [-0.2, -0.15) is 0 Å². The lowest BCUT2D eigenvalue weighted by Crippen LogP contribution is -2.37. The average molecular weight is 471 g/mol. The van der Waals surface area contributed by atoms with E-state index in [0.29, 0.717) is 10.7 Å². The van der Waals surface area contributed by atoms with Crippen LogP contribution in [0.5, 0.6) is 5.75 Å². The number of nitrogens with zero attached hydrogens (tertiary/aromatic N) is 2. The van der Waals surface area contributed by atoms with E-state index in [0.717, 1.165) is 48.0 Å². The van der Waals surface area contributed by atoms with Crippen molar-refractivity contribution in [3.63, 3.8) is 0 Å². The van der Waals surface area contributed by atoms with Crippen LogP contribution in [-0.4, -0.2) is 44.9 Å². The van der Waals surface area contributed by atoms with Crippen molar-refractivity contribution in [2.24, 2.45) is 0 Å². The van der Waals surface area contributed by atoms with E-state index in [1.54, 1.807) is 6.92 Å². The highest BCUT2D eigenvalue weighted by atomic mass is 35.5. The number of carbonyl (C=O) groups excluding carboxylic acids is 1. The van der Waals surface area contributed by atoms with Crippen molar-refractivity contribution >= 4 is 34.1 Å². The number of anilines is 1. The highest BCUT2D eigenvalue weighted by molar-refractivity contribution is 6.31. The maximum absolute atomic E-state index is 12.3. The van der Waals surface area contributed by atoms with Crippen LogP contribution in [-0.2, 0) is 24.2 Å². The van der Waals surface area contributed by atoms with E-state index >= 15 is 0 Å². The van der Waals surface area contributed by atoms with Crippen LogP contribution in [0, 0.1) is 6.92 Å². The number of rotatable bonds is 7. The molecule has 1 atom stereocenters. The lowest BCUT2D eigenvalue weighted by Gasteiger charge is -2.23. The van der Waals surface area contributed by atoms with Crippen LogP contribution in [0.25, 0.3) is 10.9 Å². The molecule has 174 valence electrons. The number of amides is 1. The van der Waals surface area contributed by atoms with Crippen molar-refractivity contribution in [3.05, 3.63) is 62.7 Å². The number of aromatic nitrogens is 2. The Hall–Kier alpha value is -3.10. The van der Waals surface area contributed by atoms with Crippen molar-refractivity contribution in [2.75, 3.05) is 18.4 Å². The Labute approximate surface area is 196 Å². The van der Waals surface area contributed by atoms with Crippen LogP contribution < -0.4 is 16.1 Å². The molecule has 1 aromatic carbocycles.